The highest BCUT2D eigenvalue weighted by Crippen LogP contribution is 2.38. The van der Waals surface area contributed by atoms with Gasteiger partial charge in [0.25, 0.3) is 5.79 Å². The monoisotopic (exact) mass is 1180 g/mol. The predicted molar refractivity (Wildman–Crippen MR) is 301 cm³/mol. The minimum Gasteiger partial charge on any atom is -0.477 e. The number of hydrogen-bond acceptors (Lipinski definition) is 20. The number of amides is 2. The van der Waals surface area contributed by atoms with Crippen molar-refractivity contribution in [1.82, 2.24) is 10.6 Å². The molecule has 2 amide bonds. The number of nitrogens with one attached hydrogen (secondary N) is 2. The van der Waals surface area contributed by atoms with Crippen LogP contribution in [0.5, 0.6) is 0 Å². The van der Waals surface area contributed by atoms with Gasteiger partial charge in [-0.3, -0.25) is 9.59 Å². The first-order valence-corrected chi connectivity index (χ1v) is 31.1. The maximum atomic E-state index is 13.4. The van der Waals surface area contributed by atoms with Crippen LogP contribution in [0.1, 0.15) is 207 Å². The predicted octanol–water partition coefficient (Wildman–Crippen LogP) is 3.17. The Morgan fingerprint density at radius 1 is 0.634 bits per heavy atom. The van der Waals surface area contributed by atoms with E-state index in [-0.39, 0.29) is 12.3 Å². The van der Waals surface area contributed by atoms with Crippen molar-refractivity contribution in [3.8, 4) is 0 Å². The van der Waals surface area contributed by atoms with Crippen molar-refractivity contribution in [3.63, 3.8) is 0 Å². The van der Waals surface area contributed by atoms with Gasteiger partial charge in [-0.1, -0.05) is 180 Å². The van der Waals surface area contributed by atoms with Crippen LogP contribution in [0.25, 0.3) is 0 Å². The summed E-state index contributed by atoms with van der Waals surface area (Å²) < 4.78 is 34.7. The molecule has 0 saturated carbocycles. The summed E-state index contributed by atoms with van der Waals surface area (Å²) in [5.74, 6) is -6.14. The Morgan fingerprint density at radius 2 is 1.13 bits per heavy atom. The number of carbonyl (C=O) groups is 3. The van der Waals surface area contributed by atoms with E-state index in [2.05, 4.69) is 24.5 Å². The Balaban J connectivity index is 1.67. The number of aliphatic hydroxyl groups is 11. The molecular formula is C59H108N2O21. The molecule has 23 nitrogen and oxygen atoms in total. The van der Waals surface area contributed by atoms with Crippen LogP contribution < -0.4 is 10.6 Å². The topological polar surface area (TPSA) is 373 Å². The van der Waals surface area contributed by atoms with Crippen LogP contribution in [0, 0.1) is 0 Å². The summed E-state index contributed by atoms with van der Waals surface area (Å²) >= 11 is 0. The molecule has 0 aromatic rings. The fraction of sp³-hybridized carbons (Fsp3) is 0.915. The standard InChI is InChI=1S/C59H108N2O21/c1-4-6-8-10-12-14-16-18-19-21-23-25-27-29-31-33-46(69)61-40(41(66)32-30-28-26-24-22-20-17-15-13-11-9-7-5-2)38-77-56-51(73)50(72)53(45(37-64)79-56)80-57-52(74)55(49(71)44(36-63)78-57)82-59(58(75)76)34-42(67)47(60-39(3)65)54(81-59)48(70)43(68)35-62/h30,32,40-45,47-57,62-64,66-68,70-74H,4-29,31,33-38H2,1-3H3,(H,60,65)(H,61,69)(H,75,76)/b32-30+/t40-,41+,42?,43+,44?,45-,47+,48-,49+,50?,51?,52?,53+,54?,55-,56+,57-,59-/m0/s1. The minimum atomic E-state index is -3.08. The molecule has 0 aromatic carbocycles. The second-order valence-electron chi connectivity index (χ2n) is 22.9. The first kappa shape index (κ1) is 73.7. The lowest BCUT2D eigenvalue weighted by Crippen LogP contribution is -2.70. The molecule has 18 atom stereocenters. The summed E-state index contributed by atoms with van der Waals surface area (Å²) in [5, 5.41) is 135. The van der Waals surface area contributed by atoms with Gasteiger partial charge in [-0.05, 0) is 19.3 Å². The number of carboxylic acid groups (broad SMARTS) is 1. The molecule has 3 fully saturated rings. The fourth-order valence-electron chi connectivity index (χ4n) is 10.9. The van der Waals surface area contributed by atoms with E-state index in [0.717, 1.165) is 51.9 Å². The number of allylic oxidation sites excluding steroid dienone is 1. The van der Waals surface area contributed by atoms with Gasteiger partial charge in [-0.2, -0.15) is 0 Å². The van der Waals surface area contributed by atoms with E-state index in [1.54, 1.807) is 6.08 Å². The van der Waals surface area contributed by atoms with Gasteiger partial charge in [0, 0.05) is 19.8 Å². The Morgan fingerprint density at radius 3 is 1.62 bits per heavy atom. The van der Waals surface area contributed by atoms with Gasteiger partial charge >= 0.3 is 5.97 Å². The van der Waals surface area contributed by atoms with Crippen molar-refractivity contribution in [2.45, 2.75) is 317 Å². The number of hydrogen-bond donors (Lipinski definition) is 14. The van der Waals surface area contributed by atoms with E-state index in [4.69, 9.17) is 28.4 Å². The van der Waals surface area contributed by atoms with E-state index < -0.39 is 155 Å². The average molecular weight is 1180 g/mol. The van der Waals surface area contributed by atoms with Crippen molar-refractivity contribution in [3.05, 3.63) is 12.2 Å². The zero-order valence-electron chi connectivity index (χ0n) is 49.3. The molecule has 0 bridgehead atoms. The molecule has 0 aromatic heterocycles. The molecule has 3 saturated heterocycles. The summed E-state index contributed by atoms with van der Waals surface area (Å²) in [6, 6.07) is -2.61. The lowest BCUT2D eigenvalue weighted by molar-refractivity contribution is -0.386. The van der Waals surface area contributed by atoms with Gasteiger partial charge in [0.05, 0.1) is 50.7 Å². The van der Waals surface area contributed by atoms with Crippen LogP contribution >= 0.6 is 0 Å². The highest BCUT2D eigenvalue weighted by molar-refractivity contribution is 5.77. The number of unbranched alkanes of at least 4 members (excludes halogenated alkanes) is 25. The third-order valence-corrected chi connectivity index (χ3v) is 16.0. The molecule has 3 aliphatic rings. The van der Waals surface area contributed by atoms with Crippen LogP contribution in [0.4, 0.5) is 0 Å². The van der Waals surface area contributed by atoms with E-state index in [1.807, 2.05) is 6.08 Å². The Bertz CT molecular complexity index is 1740. The van der Waals surface area contributed by atoms with Crippen molar-refractivity contribution < 1.29 is 104 Å². The maximum absolute atomic E-state index is 13.4. The first-order chi connectivity index (χ1) is 39.4. The zero-order chi connectivity index (χ0) is 60.5. The molecule has 3 heterocycles. The Labute approximate surface area is 486 Å². The number of carbonyl (C=O) groups excluding carboxylic acids is 2. The number of ether oxygens (including phenoxy) is 6. The second kappa shape index (κ2) is 41.5. The molecule has 0 spiro atoms. The number of aliphatic hydroxyl groups excluding tert-OH is 11. The highest BCUT2D eigenvalue weighted by Gasteiger charge is 2.60. The van der Waals surface area contributed by atoms with Gasteiger partial charge in [-0.25, -0.2) is 4.79 Å². The Hall–Kier alpha value is -2.53. The van der Waals surface area contributed by atoms with Crippen LogP contribution in [-0.2, 0) is 42.8 Å². The molecule has 0 aliphatic carbocycles. The van der Waals surface area contributed by atoms with E-state index in [1.165, 1.54) is 116 Å². The summed E-state index contributed by atoms with van der Waals surface area (Å²) in [6.07, 6.45) is 5.61. The van der Waals surface area contributed by atoms with E-state index in [0.29, 0.717) is 12.8 Å². The molecule has 82 heavy (non-hydrogen) atoms. The van der Waals surface area contributed by atoms with Crippen molar-refractivity contribution in [2.24, 2.45) is 0 Å². The van der Waals surface area contributed by atoms with Gasteiger partial charge < -0.3 is 100 Å². The molecule has 14 N–H and O–H groups in total. The number of aliphatic carboxylic acids is 1. The average Bonchev–Trinajstić information content (AvgIpc) is 3.65. The lowest BCUT2D eigenvalue weighted by Gasteiger charge is -2.50. The third kappa shape index (κ3) is 25.4. The summed E-state index contributed by atoms with van der Waals surface area (Å²) in [7, 11) is 0. The first-order valence-electron chi connectivity index (χ1n) is 31.1. The molecule has 6 unspecified atom stereocenters. The molecular weight excluding hydrogens is 1070 g/mol. The molecule has 3 aliphatic heterocycles. The van der Waals surface area contributed by atoms with Crippen molar-refractivity contribution in [2.75, 3.05) is 26.4 Å². The smallest absolute Gasteiger partial charge is 0.364 e. The van der Waals surface area contributed by atoms with Gasteiger partial charge in [0.15, 0.2) is 12.6 Å². The van der Waals surface area contributed by atoms with E-state index >= 15 is 0 Å². The Kier molecular flexibility index (Phi) is 37.4. The van der Waals surface area contributed by atoms with Crippen LogP contribution in [0.2, 0.25) is 0 Å². The maximum Gasteiger partial charge on any atom is 0.364 e. The SMILES string of the molecule is CCCCCCCCCCCCC/C=C/[C@@H](O)[C@H](CO[C@@H]1O[C@@H](CO)[C@@H](O[C@@H]2OC(CO)[C@@H](O)[C@H](O[C@]3(C(=O)O)CC(O)[C@@H](NC(C)=O)C([C@@H](O)[C@H](O)CO)O3)C2O)C(O)C1O)NC(=O)CCCCCCCCCCCCCCCCC. The zero-order valence-corrected chi connectivity index (χ0v) is 49.3. The van der Waals surface area contributed by atoms with Crippen molar-refractivity contribution in [1.29, 1.82) is 0 Å². The van der Waals surface area contributed by atoms with Crippen LogP contribution in [0.3, 0.4) is 0 Å². The normalized spacial score (nSPS) is 30.2. The fourth-order valence-corrected chi connectivity index (χ4v) is 10.9. The third-order valence-electron chi connectivity index (χ3n) is 16.0. The van der Waals surface area contributed by atoms with Crippen molar-refractivity contribution >= 4 is 17.8 Å². The molecule has 480 valence electrons. The van der Waals surface area contributed by atoms with Crippen LogP contribution in [-0.4, -0.2) is 215 Å². The lowest BCUT2D eigenvalue weighted by atomic mass is 9.88. The largest absolute Gasteiger partial charge is 0.477 e. The quantitative estimate of drug-likeness (QED) is 0.0307. The highest BCUT2D eigenvalue weighted by atomic mass is 16.8. The van der Waals surface area contributed by atoms with Crippen LogP contribution in [0.15, 0.2) is 12.2 Å². The van der Waals surface area contributed by atoms with Gasteiger partial charge in [0.1, 0.15) is 67.1 Å². The van der Waals surface area contributed by atoms with E-state index in [9.17, 15) is 75.7 Å². The molecule has 0 radical (unpaired) electrons. The minimum absolute atomic E-state index is 0.204. The van der Waals surface area contributed by atoms with Gasteiger partial charge in [-0.15, -0.1) is 0 Å². The second-order valence-corrected chi connectivity index (χ2v) is 22.9. The summed E-state index contributed by atoms with van der Waals surface area (Å²) in [4.78, 5) is 38.4. The number of rotatable bonds is 45. The summed E-state index contributed by atoms with van der Waals surface area (Å²) in [5.41, 5.74) is 0. The molecule has 3 rings (SSSR count). The molecule has 23 heteroatoms. The summed E-state index contributed by atoms with van der Waals surface area (Å²) in [6.45, 7) is 2.10. The van der Waals surface area contributed by atoms with Gasteiger partial charge in [0.2, 0.25) is 11.8 Å². The number of carboxylic acids is 1.